The minimum Gasteiger partial charge on any atom is -0.483 e. The quantitative estimate of drug-likeness (QED) is 0.299. The topological polar surface area (TPSA) is 99.5 Å². The molecule has 0 radical (unpaired) electrons. The molecule has 0 aliphatic rings. The molecule has 2 aromatic carbocycles. The predicted octanol–water partition coefficient (Wildman–Crippen LogP) is 2.96. The Morgan fingerprint density at radius 1 is 1.11 bits per heavy atom. The molecule has 0 saturated heterocycles. The lowest BCUT2D eigenvalue weighted by Gasteiger charge is -2.08. The summed E-state index contributed by atoms with van der Waals surface area (Å²) in [5, 5.41) is 11.2. The molecule has 28 heavy (non-hydrogen) atoms. The number of hydrogen-bond donors (Lipinski definition) is 2. The van der Waals surface area contributed by atoms with Crippen molar-refractivity contribution in [2.75, 3.05) is 0 Å². The van der Waals surface area contributed by atoms with Gasteiger partial charge in [0.1, 0.15) is 12.4 Å². The predicted molar refractivity (Wildman–Crippen MR) is 105 cm³/mol. The second-order valence-corrected chi connectivity index (χ2v) is 5.73. The molecule has 2 N–H and O–H groups in total. The van der Waals surface area contributed by atoms with E-state index in [1.54, 1.807) is 18.3 Å². The second-order valence-electron chi connectivity index (χ2n) is 5.73. The van der Waals surface area contributed by atoms with Gasteiger partial charge in [-0.3, -0.25) is 4.79 Å². The van der Waals surface area contributed by atoms with Crippen LogP contribution in [0.4, 0.5) is 0 Å². The number of aromatic nitrogens is 1. The van der Waals surface area contributed by atoms with Gasteiger partial charge in [-0.05, 0) is 17.7 Å². The molecule has 0 saturated carbocycles. The van der Waals surface area contributed by atoms with E-state index >= 15 is 0 Å². The molecular formula is C21H18N4O3. The Kier molecular flexibility index (Phi) is 6.42. The Labute approximate surface area is 161 Å². The highest BCUT2D eigenvalue weighted by Crippen LogP contribution is 2.10. The summed E-state index contributed by atoms with van der Waals surface area (Å²) in [7, 11) is 0. The summed E-state index contributed by atoms with van der Waals surface area (Å²) in [6, 6.07) is 20.0. The van der Waals surface area contributed by atoms with E-state index in [0.717, 1.165) is 5.56 Å². The molecular weight excluding hydrogens is 356 g/mol. The average molecular weight is 374 g/mol. The van der Waals surface area contributed by atoms with E-state index in [9.17, 15) is 4.79 Å². The number of hydrogen-bond acceptors (Lipinski definition) is 5. The van der Waals surface area contributed by atoms with Crippen molar-refractivity contribution in [2.24, 2.45) is 4.99 Å². The van der Waals surface area contributed by atoms with E-state index in [1.165, 1.54) is 12.3 Å². The van der Waals surface area contributed by atoms with Crippen LogP contribution in [-0.4, -0.2) is 11.0 Å². The molecule has 0 bridgehead atoms. The lowest BCUT2D eigenvalue weighted by atomic mass is 10.2. The third-order valence-corrected chi connectivity index (χ3v) is 3.69. The molecule has 0 fully saturated rings. The van der Waals surface area contributed by atoms with Gasteiger partial charge in [0.25, 0.3) is 0 Å². The van der Waals surface area contributed by atoms with Crippen molar-refractivity contribution in [2.45, 2.75) is 13.2 Å². The third kappa shape index (κ3) is 5.47. The highest BCUT2D eigenvalue weighted by atomic mass is 16.5. The molecule has 7 heteroatoms. The molecule has 0 amide bonds. The maximum atomic E-state index is 12.2. The Balaban J connectivity index is 1.64. The van der Waals surface area contributed by atoms with Crippen molar-refractivity contribution >= 4 is 6.02 Å². The first-order valence-electron chi connectivity index (χ1n) is 8.55. The number of amidine groups is 1. The number of aliphatic imine (C=N–C) groups is 1. The number of aromatic amines is 1. The van der Waals surface area contributed by atoms with Crippen LogP contribution < -0.4 is 20.2 Å². The van der Waals surface area contributed by atoms with Crippen molar-refractivity contribution < 1.29 is 9.47 Å². The molecule has 0 spiro atoms. The number of benzene rings is 2. The van der Waals surface area contributed by atoms with Crippen LogP contribution in [0.15, 0.2) is 82.7 Å². The standard InChI is InChI=1S/C21H18N4O3/c22-15-25-21(28-18-9-5-2-6-10-18)24-12-17-11-19(26)20(13-23-17)27-14-16-7-3-1-4-8-16/h1-11,13H,12,14H2,(H,23,26)(H,24,25). The summed E-state index contributed by atoms with van der Waals surface area (Å²) < 4.78 is 11.1. The molecule has 0 unspecified atom stereocenters. The number of nitriles is 1. The minimum atomic E-state index is -0.251. The highest BCUT2D eigenvalue weighted by Gasteiger charge is 2.05. The first kappa shape index (κ1) is 18.7. The van der Waals surface area contributed by atoms with Crippen molar-refractivity contribution in [3.63, 3.8) is 0 Å². The molecule has 1 aromatic heterocycles. The monoisotopic (exact) mass is 374 g/mol. The van der Waals surface area contributed by atoms with Crippen molar-refractivity contribution in [1.29, 1.82) is 5.26 Å². The fraction of sp³-hybridized carbons (Fsp3) is 0.0952. The zero-order valence-corrected chi connectivity index (χ0v) is 15.0. The summed E-state index contributed by atoms with van der Waals surface area (Å²) in [4.78, 5) is 19.4. The molecule has 0 atom stereocenters. The van der Waals surface area contributed by atoms with Gasteiger partial charge in [0.05, 0.1) is 6.54 Å². The highest BCUT2D eigenvalue weighted by molar-refractivity contribution is 5.77. The van der Waals surface area contributed by atoms with Gasteiger partial charge in [-0.15, -0.1) is 0 Å². The van der Waals surface area contributed by atoms with E-state index in [1.807, 2.05) is 48.5 Å². The molecule has 0 aliphatic heterocycles. The number of nitrogens with one attached hydrogen (secondary N) is 2. The fourth-order valence-electron chi connectivity index (χ4n) is 2.34. The first-order chi connectivity index (χ1) is 13.7. The van der Waals surface area contributed by atoms with Crippen LogP contribution in [0.3, 0.4) is 0 Å². The van der Waals surface area contributed by atoms with Crippen molar-refractivity contribution in [1.82, 2.24) is 10.3 Å². The molecule has 140 valence electrons. The SMILES string of the molecule is N#CNC(=NCc1cc(=O)c(OCc2ccccc2)c[nH]1)Oc1ccccc1. The summed E-state index contributed by atoms with van der Waals surface area (Å²) >= 11 is 0. The van der Waals surface area contributed by atoms with Crippen LogP contribution in [0.25, 0.3) is 0 Å². The van der Waals surface area contributed by atoms with E-state index in [-0.39, 0.29) is 23.7 Å². The van der Waals surface area contributed by atoms with Crippen LogP contribution in [0.2, 0.25) is 0 Å². The maximum absolute atomic E-state index is 12.2. The maximum Gasteiger partial charge on any atom is 0.304 e. The van der Waals surface area contributed by atoms with Gasteiger partial charge in [-0.25, -0.2) is 10.3 Å². The number of rotatable bonds is 6. The Hall–Kier alpha value is -4.05. The van der Waals surface area contributed by atoms with Gasteiger partial charge < -0.3 is 14.5 Å². The minimum absolute atomic E-state index is 0.0407. The van der Waals surface area contributed by atoms with E-state index in [0.29, 0.717) is 18.1 Å². The smallest absolute Gasteiger partial charge is 0.304 e. The molecule has 3 aromatic rings. The van der Waals surface area contributed by atoms with Crippen LogP contribution in [0, 0.1) is 11.5 Å². The number of H-pyrrole nitrogens is 1. The summed E-state index contributed by atoms with van der Waals surface area (Å²) in [6.45, 7) is 0.438. The third-order valence-electron chi connectivity index (χ3n) is 3.69. The largest absolute Gasteiger partial charge is 0.483 e. The lowest BCUT2D eigenvalue weighted by Crippen LogP contribution is -2.24. The van der Waals surface area contributed by atoms with Gasteiger partial charge in [-0.2, -0.15) is 5.26 Å². The lowest BCUT2D eigenvalue weighted by molar-refractivity contribution is 0.302. The fourth-order valence-corrected chi connectivity index (χ4v) is 2.34. The van der Waals surface area contributed by atoms with E-state index < -0.39 is 0 Å². The Morgan fingerprint density at radius 2 is 1.82 bits per heavy atom. The van der Waals surface area contributed by atoms with Gasteiger partial charge >= 0.3 is 6.02 Å². The van der Waals surface area contributed by atoms with Crippen LogP contribution in [-0.2, 0) is 13.2 Å². The van der Waals surface area contributed by atoms with Gasteiger partial charge in [0.15, 0.2) is 11.9 Å². The van der Waals surface area contributed by atoms with E-state index in [2.05, 4.69) is 15.3 Å². The van der Waals surface area contributed by atoms with Crippen LogP contribution in [0.1, 0.15) is 11.3 Å². The summed E-state index contributed by atoms with van der Waals surface area (Å²) in [5.41, 5.74) is 1.28. The number of pyridine rings is 1. The number of para-hydroxylation sites is 1. The van der Waals surface area contributed by atoms with Crippen molar-refractivity contribution in [3.05, 3.63) is 94.4 Å². The van der Waals surface area contributed by atoms with Crippen molar-refractivity contribution in [3.8, 4) is 17.7 Å². The average Bonchev–Trinajstić information content (AvgIpc) is 2.73. The number of ether oxygens (including phenoxy) is 2. The van der Waals surface area contributed by atoms with Gasteiger partial charge in [-0.1, -0.05) is 48.5 Å². The van der Waals surface area contributed by atoms with Crippen LogP contribution in [0.5, 0.6) is 11.5 Å². The molecule has 0 aliphatic carbocycles. The Morgan fingerprint density at radius 3 is 2.50 bits per heavy atom. The normalized spacial score (nSPS) is 10.8. The van der Waals surface area contributed by atoms with Gasteiger partial charge in [0.2, 0.25) is 5.43 Å². The summed E-state index contributed by atoms with van der Waals surface area (Å²) in [6.07, 6.45) is 3.28. The van der Waals surface area contributed by atoms with Gasteiger partial charge in [0, 0.05) is 18.0 Å². The molecule has 3 rings (SSSR count). The zero-order chi connectivity index (χ0) is 19.6. The zero-order valence-electron chi connectivity index (χ0n) is 15.0. The molecule has 1 heterocycles. The first-order valence-corrected chi connectivity index (χ1v) is 8.55. The molecule has 7 nitrogen and oxygen atoms in total. The van der Waals surface area contributed by atoms with E-state index in [4.69, 9.17) is 14.7 Å². The second kappa shape index (κ2) is 9.59. The van der Waals surface area contributed by atoms with Crippen LogP contribution >= 0.6 is 0 Å². The Bertz CT molecular complexity index is 1020. The summed E-state index contributed by atoms with van der Waals surface area (Å²) in [5.74, 6) is 0.773. The number of nitrogens with zero attached hydrogens (tertiary/aromatic N) is 2.